The van der Waals surface area contributed by atoms with Gasteiger partial charge in [-0.3, -0.25) is 10.1 Å². The summed E-state index contributed by atoms with van der Waals surface area (Å²) in [5.74, 6) is 0.0672. The Morgan fingerprint density at radius 1 is 0.941 bits per heavy atom. The zero-order chi connectivity index (χ0) is 24.2. The zero-order valence-corrected chi connectivity index (χ0v) is 17.7. The molecule has 1 aromatic carbocycles. The molecule has 0 N–H and O–H groups in total. The van der Waals surface area contributed by atoms with E-state index in [-0.39, 0.29) is 37.7 Å². The van der Waals surface area contributed by atoms with Crippen molar-refractivity contribution in [3.63, 3.8) is 0 Å². The molecule has 4 atom stereocenters. The fourth-order valence-corrected chi connectivity index (χ4v) is 3.98. The van der Waals surface area contributed by atoms with Crippen LogP contribution in [0.1, 0.15) is 12.8 Å². The van der Waals surface area contributed by atoms with Crippen LogP contribution in [0.5, 0.6) is 5.75 Å². The summed E-state index contributed by atoms with van der Waals surface area (Å²) in [5.41, 5.74) is -0.151. The highest BCUT2D eigenvalue weighted by Gasteiger charge is 2.51. The minimum atomic E-state index is -1.04. The van der Waals surface area contributed by atoms with Gasteiger partial charge in [0.25, 0.3) is 10.8 Å². The number of non-ortho nitro benzene ring substituents is 1. The van der Waals surface area contributed by atoms with E-state index in [0.717, 1.165) is 0 Å². The molecule has 3 fully saturated rings. The normalized spacial score (nSPS) is 26.4. The minimum absolute atomic E-state index is 0.00235. The molecular formula is C19H21N3O12. The number of rotatable bonds is 6. The Morgan fingerprint density at radius 2 is 1.53 bits per heavy atom. The highest BCUT2D eigenvalue weighted by Crippen LogP contribution is 2.31. The van der Waals surface area contributed by atoms with Crippen molar-refractivity contribution in [3.05, 3.63) is 44.5 Å². The van der Waals surface area contributed by atoms with Crippen molar-refractivity contribution in [2.45, 2.75) is 43.4 Å². The van der Waals surface area contributed by atoms with Gasteiger partial charge in [-0.2, -0.15) is 0 Å². The number of fused-ring (bicyclic) bond motifs is 1. The molecule has 0 spiro atoms. The van der Waals surface area contributed by atoms with Crippen molar-refractivity contribution in [1.29, 1.82) is 0 Å². The van der Waals surface area contributed by atoms with Gasteiger partial charge >= 0.3 is 12.2 Å². The topological polar surface area (TPSA) is 179 Å². The number of likely N-dealkylation sites (tertiary alicyclic amines) is 1. The van der Waals surface area contributed by atoms with Gasteiger partial charge in [0.05, 0.1) is 18.1 Å². The van der Waals surface area contributed by atoms with Crippen LogP contribution in [-0.2, 0) is 23.8 Å². The molecule has 15 nitrogen and oxygen atoms in total. The Balaban J connectivity index is 1.23. The third-order valence-corrected chi connectivity index (χ3v) is 5.65. The van der Waals surface area contributed by atoms with Gasteiger partial charge < -0.3 is 33.4 Å². The van der Waals surface area contributed by atoms with Crippen LogP contribution in [-0.4, -0.2) is 84.0 Å². The fourth-order valence-electron chi connectivity index (χ4n) is 3.98. The number of nitrogens with zero attached hydrogens (tertiary/aromatic N) is 3. The van der Waals surface area contributed by atoms with Crippen LogP contribution in [0.15, 0.2) is 24.3 Å². The van der Waals surface area contributed by atoms with Gasteiger partial charge in [-0.15, -0.1) is 10.1 Å². The number of hydrogen-bond acceptors (Lipinski definition) is 12. The Hall–Kier alpha value is -3.72. The predicted molar refractivity (Wildman–Crippen MR) is 106 cm³/mol. The summed E-state index contributed by atoms with van der Waals surface area (Å²) in [6.07, 6.45) is -4.39. The first kappa shape index (κ1) is 23.4. The quantitative estimate of drug-likeness (QED) is 0.246. The highest BCUT2D eigenvalue weighted by atomic mass is 17.0. The molecule has 0 aromatic heterocycles. The molecule has 4 rings (SSSR count). The van der Waals surface area contributed by atoms with Crippen LogP contribution in [0, 0.1) is 20.2 Å². The molecule has 184 valence electrons. The zero-order valence-electron chi connectivity index (χ0n) is 17.7. The van der Waals surface area contributed by atoms with Gasteiger partial charge in [-0.05, 0) is 25.0 Å². The number of amides is 1. The molecular weight excluding hydrogens is 462 g/mol. The standard InChI is InChI=1S/C19H21N3O12/c23-18(20-7-5-13(6-8-20)34-22(27)28)32-14-9-29-17-15(10-30-16(14)17)33-19(24)31-12-3-1-11(2-4-12)21(25)26/h1-4,13-17H,5-10H2/t14-,15-,16-,17-/m1/s1. The first-order chi connectivity index (χ1) is 16.3. The Bertz CT molecular complexity index is 933. The first-order valence-corrected chi connectivity index (χ1v) is 10.4. The van der Waals surface area contributed by atoms with Crippen molar-refractivity contribution in [3.8, 4) is 5.75 Å². The smallest absolute Gasteiger partial charge is 0.441 e. The van der Waals surface area contributed by atoms with Gasteiger partial charge in [-0.1, -0.05) is 0 Å². The summed E-state index contributed by atoms with van der Waals surface area (Å²) >= 11 is 0. The van der Waals surface area contributed by atoms with E-state index in [1.54, 1.807) is 0 Å². The summed E-state index contributed by atoms with van der Waals surface area (Å²) in [4.78, 5) is 51.1. The van der Waals surface area contributed by atoms with E-state index in [1.807, 2.05) is 0 Å². The van der Waals surface area contributed by atoms with Gasteiger partial charge in [0.1, 0.15) is 24.1 Å². The molecule has 0 saturated carbocycles. The number of nitro benzene ring substituents is 1. The number of piperidine rings is 1. The molecule has 34 heavy (non-hydrogen) atoms. The van der Waals surface area contributed by atoms with Crippen molar-refractivity contribution in [1.82, 2.24) is 4.90 Å². The SMILES string of the molecule is O=C(Oc1ccc([N+](=O)[O-])cc1)O[C@@H]1CO[C@H]2[C@@H]1OC[C@H]2OC(=O)N1CCC(O[N+](=O)[O-])CC1. The van der Waals surface area contributed by atoms with E-state index >= 15 is 0 Å². The average Bonchev–Trinajstić information content (AvgIpc) is 3.37. The summed E-state index contributed by atoms with van der Waals surface area (Å²) in [6, 6.07) is 4.91. The van der Waals surface area contributed by atoms with Gasteiger partial charge in [0.15, 0.2) is 12.2 Å². The lowest BCUT2D eigenvalue weighted by Gasteiger charge is -2.31. The number of carbonyl (C=O) groups is 2. The van der Waals surface area contributed by atoms with Crippen molar-refractivity contribution in [2.24, 2.45) is 0 Å². The Kier molecular flexibility index (Phi) is 6.93. The van der Waals surface area contributed by atoms with Crippen molar-refractivity contribution < 1.29 is 48.1 Å². The van der Waals surface area contributed by atoms with E-state index in [4.69, 9.17) is 23.7 Å². The molecule has 0 unspecified atom stereocenters. The summed E-state index contributed by atoms with van der Waals surface area (Å²) in [5, 5.41) is 20.3. The lowest BCUT2D eigenvalue weighted by molar-refractivity contribution is -0.769. The molecule has 0 aliphatic carbocycles. The molecule has 3 aliphatic rings. The number of ether oxygens (including phenoxy) is 5. The Morgan fingerprint density at radius 3 is 2.09 bits per heavy atom. The maximum Gasteiger partial charge on any atom is 0.514 e. The molecule has 1 aromatic rings. The molecule has 15 heteroatoms. The molecule has 3 saturated heterocycles. The number of hydrogen-bond donors (Lipinski definition) is 0. The predicted octanol–water partition coefficient (Wildman–Crippen LogP) is 1.45. The first-order valence-electron chi connectivity index (χ1n) is 10.4. The highest BCUT2D eigenvalue weighted by molar-refractivity contribution is 5.68. The van der Waals surface area contributed by atoms with E-state index in [1.165, 1.54) is 29.2 Å². The maximum absolute atomic E-state index is 12.5. The number of carbonyl (C=O) groups excluding carboxylic acids is 2. The van der Waals surface area contributed by atoms with Crippen LogP contribution < -0.4 is 4.74 Å². The second-order valence-corrected chi connectivity index (χ2v) is 7.79. The van der Waals surface area contributed by atoms with Crippen LogP contribution in [0.4, 0.5) is 15.3 Å². The van der Waals surface area contributed by atoms with E-state index in [0.29, 0.717) is 12.8 Å². The molecule has 0 radical (unpaired) electrons. The van der Waals surface area contributed by atoms with Crippen LogP contribution >= 0.6 is 0 Å². The number of nitro groups is 1. The van der Waals surface area contributed by atoms with Gasteiger partial charge in [-0.25, -0.2) is 9.59 Å². The maximum atomic E-state index is 12.5. The molecule has 3 heterocycles. The number of benzene rings is 1. The second kappa shape index (κ2) is 10.0. The van der Waals surface area contributed by atoms with E-state index in [9.17, 15) is 29.8 Å². The van der Waals surface area contributed by atoms with Gasteiger partial charge in [0.2, 0.25) is 0 Å². The van der Waals surface area contributed by atoms with Crippen LogP contribution in [0.25, 0.3) is 0 Å². The van der Waals surface area contributed by atoms with Crippen LogP contribution in [0.2, 0.25) is 0 Å². The van der Waals surface area contributed by atoms with E-state index < -0.39 is 52.8 Å². The molecule has 3 aliphatic heterocycles. The second-order valence-electron chi connectivity index (χ2n) is 7.79. The largest absolute Gasteiger partial charge is 0.514 e. The summed E-state index contributed by atoms with van der Waals surface area (Å²) < 4.78 is 27.0. The summed E-state index contributed by atoms with van der Waals surface area (Å²) in [7, 11) is 0. The summed E-state index contributed by atoms with van der Waals surface area (Å²) in [6.45, 7) is 0.543. The molecule has 0 bridgehead atoms. The lowest BCUT2D eigenvalue weighted by atomic mass is 10.1. The minimum Gasteiger partial charge on any atom is -0.441 e. The monoisotopic (exact) mass is 483 g/mol. The van der Waals surface area contributed by atoms with Crippen LogP contribution in [0.3, 0.4) is 0 Å². The van der Waals surface area contributed by atoms with E-state index in [2.05, 4.69) is 4.84 Å². The molecule has 1 amide bonds. The third-order valence-electron chi connectivity index (χ3n) is 5.65. The Labute approximate surface area is 191 Å². The fraction of sp³-hybridized carbons (Fsp3) is 0.579. The van der Waals surface area contributed by atoms with Crippen molar-refractivity contribution >= 4 is 17.9 Å². The lowest BCUT2D eigenvalue weighted by Crippen LogP contribution is -2.44. The third kappa shape index (κ3) is 5.43. The average molecular weight is 483 g/mol. The van der Waals surface area contributed by atoms with Crippen molar-refractivity contribution in [2.75, 3.05) is 26.3 Å². The van der Waals surface area contributed by atoms with Gasteiger partial charge in [0, 0.05) is 25.2 Å².